The number of halogens is 1. The second-order valence-corrected chi connectivity index (χ2v) is 5.56. The van der Waals surface area contributed by atoms with Gasteiger partial charge in [-0.15, -0.1) is 0 Å². The van der Waals surface area contributed by atoms with Crippen LogP contribution < -0.4 is 5.32 Å². The average molecular weight is 285 g/mol. The van der Waals surface area contributed by atoms with Gasteiger partial charge in [-0.2, -0.15) is 0 Å². The number of hydrogen-bond acceptors (Lipinski definition) is 1. The fourth-order valence-corrected chi connectivity index (χ4v) is 3.02. The number of rotatable bonds is 5. The Kier molecular flexibility index (Phi) is 5.13. The van der Waals surface area contributed by atoms with E-state index in [2.05, 4.69) is 43.4 Å². The normalized spacial score (nSPS) is 12.4. The Morgan fingerprint density at radius 1 is 1.05 bits per heavy atom. The van der Waals surface area contributed by atoms with Crippen molar-refractivity contribution in [1.29, 1.82) is 0 Å². The van der Waals surface area contributed by atoms with Gasteiger partial charge in [0.2, 0.25) is 0 Å². The molecule has 0 fully saturated rings. The van der Waals surface area contributed by atoms with Crippen molar-refractivity contribution in [2.24, 2.45) is 0 Å². The van der Waals surface area contributed by atoms with E-state index in [-0.39, 0.29) is 5.82 Å². The smallest absolute Gasteiger partial charge is 0.123 e. The van der Waals surface area contributed by atoms with Crippen molar-refractivity contribution in [3.05, 3.63) is 58.9 Å². The molecule has 0 radical (unpaired) electrons. The highest BCUT2D eigenvalue weighted by atomic mass is 19.1. The third-order valence-corrected chi connectivity index (χ3v) is 3.93. The molecule has 2 rings (SSSR count). The van der Waals surface area contributed by atoms with Crippen LogP contribution in [0.25, 0.3) is 11.1 Å². The summed E-state index contributed by atoms with van der Waals surface area (Å²) in [7, 11) is 0. The van der Waals surface area contributed by atoms with Gasteiger partial charge < -0.3 is 5.32 Å². The van der Waals surface area contributed by atoms with Crippen LogP contribution in [0.1, 0.15) is 43.0 Å². The molecule has 1 N–H and O–H groups in total. The van der Waals surface area contributed by atoms with Gasteiger partial charge in [0.25, 0.3) is 0 Å². The van der Waals surface area contributed by atoms with Gasteiger partial charge in [-0.25, -0.2) is 4.39 Å². The molecule has 0 amide bonds. The van der Waals surface area contributed by atoms with Crippen molar-refractivity contribution in [3.63, 3.8) is 0 Å². The van der Waals surface area contributed by atoms with E-state index in [0.29, 0.717) is 6.04 Å². The second-order valence-electron chi connectivity index (χ2n) is 5.56. The molecule has 0 aromatic heterocycles. The van der Waals surface area contributed by atoms with Crippen molar-refractivity contribution in [3.8, 4) is 11.1 Å². The van der Waals surface area contributed by atoms with Gasteiger partial charge in [0.05, 0.1) is 0 Å². The van der Waals surface area contributed by atoms with Gasteiger partial charge in [0.1, 0.15) is 5.82 Å². The summed E-state index contributed by atoms with van der Waals surface area (Å²) in [4.78, 5) is 0. The van der Waals surface area contributed by atoms with E-state index in [1.165, 1.54) is 11.1 Å². The Morgan fingerprint density at radius 3 is 2.29 bits per heavy atom. The zero-order chi connectivity index (χ0) is 15.4. The number of hydrogen-bond donors (Lipinski definition) is 1. The molecule has 0 spiro atoms. The van der Waals surface area contributed by atoms with E-state index in [0.717, 1.165) is 29.7 Å². The van der Waals surface area contributed by atoms with Crippen LogP contribution in [0.2, 0.25) is 0 Å². The molecule has 2 aromatic rings. The lowest BCUT2D eigenvalue weighted by Crippen LogP contribution is -2.19. The zero-order valence-corrected chi connectivity index (χ0v) is 13.3. The molecular weight excluding hydrogens is 261 g/mol. The van der Waals surface area contributed by atoms with Crippen molar-refractivity contribution >= 4 is 0 Å². The summed E-state index contributed by atoms with van der Waals surface area (Å²) in [6.07, 6.45) is 1.05. The average Bonchev–Trinajstić information content (AvgIpc) is 2.44. The van der Waals surface area contributed by atoms with Crippen LogP contribution >= 0.6 is 0 Å². The van der Waals surface area contributed by atoms with Crippen LogP contribution in [0, 0.1) is 19.7 Å². The Balaban J connectivity index is 2.47. The Bertz CT molecular complexity index is 596. The zero-order valence-electron chi connectivity index (χ0n) is 13.3. The predicted molar refractivity (Wildman–Crippen MR) is 88.0 cm³/mol. The molecule has 0 saturated carbocycles. The Hall–Kier alpha value is -1.67. The van der Waals surface area contributed by atoms with Crippen molar-refractivity contribution in [1.82, 2.24) is 5.32 Å². The number of nitrogens with one attached hydrogen (secondary N) is 1. The highest BCUT2D eigenvalue weighted by Gasteiger charge is 2.12. The standard InChI is InChI=1S/C19H24FN/c1-5-18(21-6-2)15-8-7-9-16(12-15)19-13(3)10-17(20)11-14(19)4/h7-12,18,21H,5-6H2,1-4H3. The first-order valence-electron chi connectivity index (χ1n) is 7.67. The fourth-order valence-electron chi connectivity index (χ4n) is 3.02. The quantitative estimate of drug-likeness (QED) is 0.799. The van der Waals surface area contributed by atoms with E-state index in [1.54, 1.807) is 12.1 Å². The summed E-state index contributed by atoms with van der Waals surface area (Å²) in [6, 6.07) is 12.2. The second kappa shape index (κ2) is 6.86. The first kappa shape index (κ1) is 15.7. The predicted octanol–water partition coefficient (Wildman–Crippen LogP) is 5.17. The third-order valence-electron chi connectivity index (χ3n) is 3.93. The van der Waals surface area contributed by atoms with Crippen molar-refractivity contribution in [2.45, 2.75) is 40.2 Å². The highest BCUT2D eigenvalue weighted by molar-refractivity contribution is 5.71. The lowest BCUT2D eigenvalue weighted by Gasteiger charge is -2.18. The Morgan fingerprint density at radius 2 is 1.71 bits per heavy atom. The minimum absolute atomic E-state index is 0.163. The van der Waals surface area contributed by atoms with Gasteiger partial charge in [-0.05, 0) is 72.8 Å². The van der Waals surface area contributed by atoms with E-state index in [9.17, 15) is 4.39 Å². The topological polar surface area (TPSA) is 12.0 Å². The van der Waals surface area contributed by atoms with Gasteiger partial charge in [0.15, 0.2) is 0 Å². The van der Waals surface area contributed by atoms with E-state index in [1.807, 2.05) is 13.8 Å². The largest absolute Gasteiger partial charge is 0.310 e. The molecular formula is C19H24FN. The van der Waals surface area contributed by atoms with Crippen molar-refractivity contribution < 1.29 is 4.39 Å². The molecule has 0 aliphatic carbocycles. The summed E-state index contributed by atoms with van der Waals surface area (Å²) in [6.45, 7) is 9.21. The van der Waals surface area contributed by atoms with Crippen LogP contribution in [0.3, 0.4) is 0 Å². The molecule has 112 valence electrons. The van der Waals surface area contributed by atoms with Crippen LogP contribution in [0.4, 0.5) is 4.39 Å². The molecule has 2 heteroatoms. The summed E-state index contributed by atoms with van der Waals surface area (Å²) in [5.74, 6) is -0.163. The minimum Gasteiger partial charge on any atom is -0.310 e. The summed E-state index contributed by atoms with van der Waals surface area (Å²) >= 11 is 0. The molecule has 2 aromatic carbocycles. The molecule has 0 bridgehead atoms. The monoisotopic (exact) mass is 285 g/mol. The van der Waals surface area contributed by atoms with Crippen LogP contribution in [0.5, 0.6) is 0 Å². The molecule has 21 heavy (non-hydrogen) atoms. The van der Waals surface area contributed by atoms with E-state index in [4.69, 9.17) is 0 Å². The first-order valence-corrected chi connectivity index (χ1v) is 7.67. The Labute approximate surface area is 127 Å². The molecule has 1 nitrogen and oxygen atoms in total. The third kappa shape index (κ3) is 3.51. The van der Waals surface area contributed by atoms with Crippen LogP contribution in [-0.4, -0.2) is 6.54 Å². The van der Waals surface area contributed by atoms with Crippen LogP contribution in [-0.2, 0) is 0 Å². The molecule has 1 atom stereocenters. The van der Waals surface area contributed by atoms with Gasteiger partial charge in [-0.1, -0.05) is 32.0 Å². The first-order chi connectivity index (χ1) is 10.1. The number of benzene rings is 2. The van der Waals surface area contributed by atoms with Gasteiger partial charge >= 0.3 is 0 Å². The maximum atomic E-state index is 13.5. The molecule has 1 unspecified atom stereocenters. The van der Waals surface area contributed by atoms with Crippen LogP contribution in [0.15, 0.2) is 36.4 Å². The van der Waals surface area contributed by atoms with Gasteiger partial charge in [-0.3, -0.25) is 0 Å². The molecule has 0 aliphatic rings. The fraction of sp³-hybridized carbons (Fsp3) is 0.368. The van der Waals surface area contributed by atoms with Gasteiger partial charge in [0, 0.05) is 6.04 Å². The van der Waals surface area contributed by atoms with Crippen molar-refractivity contribution in [2.75, 3.05) is 6.54 Å². The maximum absolute atomic E-state index is 13.5. The SMILES string of the molecule is CCNC(CC)c1cccc(-c2c(C)cc(F)cc2C)c1. The maximum Gasteiger partial charge on any atom is 0.123 e. The number of aryl methyl sites for hydroxylation is 2. The highest BCUT2D eigenvalue weighted by Crippen LogP contribution is 2.30. The lowest BCUT2D eigenvalue weighted by atomic mass is 9.92. The summed E-state index contributed by atoms with van der Waals surface area (Å²) < 4.78 is 13.5. The molecule has 0 heterocycles. The minimum atomic E-state index is -0.163. The summed E-state index contributed by atoms with van der Waals surface area (Å²) in [5, 5.41) is 3.51. The summed E-state index contributed by atoms with van der Waals surface area (Å²) in [5.41, 5.74) is 5.57. The lowest BCUT2D eigenvalue weighted by molar-refractivity contribution is 0.537. The van der Waals surface area contributed by atoms with E-state index < -0.39 is 0 Å². The molecule has 0 aliphatic heterocycles. The molecule has 0 saturated heterocycles. The van der Waals surface area contributed by atoms with E-state index >= 15 is 0 Å².